The molecular formula is C20H31N5O3. The molecule has 1 fully saturated rings. The van der Waals surface area contributed by atoms with Crippen molar-refractivity contribution >= 4 is 17.2 Å². The van der Waals surface area contributed by atoms with Crippen LogP contribution in [0.3, 0.4) is 0 Å². The van der Waals surface area contributed by atoms with Crippen LogP contribution in [-0.4, -0.2) is 61.1 Å². The number of anilines is 2. The molecule has 0 unspecified atom stereocenters. The number of nitrogens with zero attached hydrogens (tertiary/aromatic N) is 3. The molecule has 1 aromatic heterocycles. The molecule has 2 atom stereocenters. The summed E-state index contributed by atoms with van der Waals surface area (Å²) in [6.07, 6.45) is 0.302. The summed E-state index contributed by atoms with van der Waals surface area (Å²) in [5.41, 5.74) is 8.09. The molecule has 0 bridgehead atoms. The highest BCUT2D eigenvalue weighted by molar-refractivity contribution is 6.13. The highest BCUT2D eigenvalue weighted by Gasteiger charge is 2.25. The number of nitrogen functional groups attached to an aromatic ring is 1. The quantitative estimate of drug-likeness (QED) is 0.428. The zero-order chi connectivity index (χ0) is 20.3. The van der Waals surface area contributed by atoms with Crippen molar-refractivity contribution in [3.63, 3.8) is 0 Å². The number of morpholine rings is 1. The lowest BCUT2D eigenvalue weighted by molar-refractivity contribution is -0.00564. The van der Waals surface area contributed by atoms with Crippen molar-refractivity contribution in [1.82, 2.24) is 9.78 Å². The molecule has 1 aromatic carbocycles. The fourth-order valence-corrected chi connectivity index (χ4v) is 3.46. The van der Waals surface area contributed by atoms with Gasteiger partial charge in [0.25, 0.3) is 0 Å². The molecule has 0 amide bonds. The second-order valence-corrected chi connectivity index (χ2v) is 7.14. The lowest BCUT2D eigenvalue weighted by Gasteiger charge is -2.36. The number of ether oxygens (including phenoxy) is 3. The minimum Gasteiger partial charge on any atom is -0.491 e. The van der Waals surface area contributed by atoms with Crippen molar-refractivity contribution in [2.24, 2.45) is 7.05 Å². The molecule has 2 heterocycles. The molecule has 1 aliphatic rings. The van der Waals surface area contributed by atoms with Crippen LogP contribution in [0, 0.1) is 5.41 Å². The van der Waals surface area contributed by atoms with Gasteiger partial charge in [-0.05, 0) is 32.0 Å². The van der Waals surface area contributed by atoms with Crippen molar-refractivity contribution in [1.29, 1.82) is 5.41 Å². The number of rotatable bonds is 7. The fraction of sp³-hybridized carbons (Fsp3) is 0.500. The number of hydrogen-bond acceptors (Lipinski definition) is 7. The van der Waals surface area contributed by atoms with Gasteiger partial charge in [0.05, 0.1) is 24.5 Å². The molecule has 8 nitrogen and oxygen atoms in total. The summed E-state index contributed by atoms with van der Waals surface area (Å²) in [6.45, 7) is 6.66. The number of aromatic nitrogens is 2. The molecule has 1 saturated heterocycles. The van der Waals surface area contributed by atoms with Crippen molar-refractivity contribution in [3.8, 4) is 5.75 Å². The van der Waals surface area contributed by atoms with Crippen LogP contribution in [0.2, 0.25) is 0 Å². The van der Waals surface area contributed by atoms with Gasteiger partial charge in [0.2, 0.25) is 0 Å². The third-order valence-corrected chi connectivity index (χ3v) is 4.71. The first kappa shape index (κ1) is 20.2. The van der Waals surface area contributed by atoms with E-state index in [1.807, 2.05) is 17.8 Å². The molecule has 8 heteroatoms. The summed E-state index contributed by atoms with van der Waals surface area (Å²) in [5.74, 6) is 1.62. The van der Waals surface area contributed by atoms with Crippen molar-refractivity contribution in [2.75, 3.05) is 44.0 Å². The van der Waals surface area contributed by atoms with Crippen LogP contribution >= 0.6 is 0 Å². The van der Waals surface area contributed by atoms with Crippen LogP contribution < -0.4 is 15.4 Å². The lowest BCUT2D eigenvalue weighted by atomic mass is 10.0. The summed E-state index contributed by atoms with van der Waals surface area (Å²) in [6, 6.07) is 7.26. The van der Waals surface area contributed by atoms with Crippen LogP contribution in [0.5, 0.6) is 5.75 Å². The molecule has 0 radical (unpaired) electrons. The molecule has 3 rings (SSSR count). The summed E-state index contributed by atoms with van der Waals surface area (Å²) >= 11 is 0. The van der Waals surface area contributed by atoms with Gasteiger partial charge in [-0.25, -0.2) is 0 Å². The number of methoxy groups -OCH3 is 1. The third kappa shape index (κ3) is 4.45. The van der Waals surface area contributed by atoms with Gasteiger partial charge < -0.3 is 24.8 Å². The van der Waals surface area contributed by atoms with Crippen molar-refractivity contribution in [3.05, 3.63) is 35.5 Å². The van der Waals surface area contributed by atoms with Crippen molar-refractivity contribution < 1.29 is 15.6 Å². The van der Waals surface area contributed by atoms with E-state index in [2.05, 4.69) is 23.8 Å². The van der Waals surface area contributed by atoms with Crippen molar-refractivity contribution in [2.45, 2.75) is 26.1 Å². The first-order valence-corrected chi connectivity index (χ1v) is 9.44. The minimum absolute atomic E-state index is 0. The van der Waals surface area contributed by atoms with E-state index in [-0.39, 0.29) is 19.3 Å². The summed E-state index contributed by atoms with van der Waals surface area (Å²) in [7, 11) is 3.52. The second-order valence-electron chi connectivity index (χ2n) is 7.14. The van der Waals surface area contributed by atoms with E-state index in [1.54, 1.807) is 25.3 Å². The van der Waals surface area contributed by atoms with E-state index in [1.165, 1.54) is 0 Å². The predicted octanol–water partition coefficient (Wildman–Crippen LogP) is 2.30. The lowest BCUT2D eigenvalue weighted by Crippen LogP contribution is -2.46. The van der Waals surface area contributed by atoms with E-state index in [9.17, 15) is 0 Å². The highest BCUT2D eigenvalue weighted by Crippen LogP contribution is 2.25. The molecule has 1 aliphatic heterocycles. The van der Waals surface area contributed by atoms with Gasteiger partial charge in [-0.15, -0.1) is 0 Å². The van der Waals surface area contributed by atoms with E-state index in [0.717, 1.165) is 18.9 Å². The summed E-state index contributed by atoms with van der Waals surface area (Å²) in [4.78, 5) is 2.25. The normalized spacial score (nSPS) is 19.6. The largest absolute Gasteiger partial charge is 0.491 e. The Morgan fingerprint density at radius 2 is 2.00 bits per heavy atom. The molecule has 0 saturated carbocycles. The molecule has 3 N–H and O–H groups in total. The van der Waals surface area contributed by atoms with Crippen LogP contribution in [-0.2, 0) is 16.5 Å². The number of hydrogen-bond donors (Lipinski definition) is 2. The Kier molecular flexibility index (Phi) is 6.21. The van der Waals surface area contributed by atoms with Gasteiger partial charge in [-0.3, -0.25) is 10.1 Å². The van der Waals surface area contributed by atoms with Gasteiger partial charge >= 0.3 is 0 Å². The SMILES string of the molecule is COCCOc1ccc(N)c(C(=N)c2cc(N3C[C@@H](C)O[C@@H](C)C3)n(C)n2)c1.[HH]. The maximum absolute atomic E-state index is 8.65. The Labute approximate surface area is 167 Å². The smallest absolute Gasteiger partial charge is 0.127 e. The Morgan fingerprint density at radius 1 is 1.29 bits per heavy atom. The number of nitrogens with one attached hydrogen (secondary N) is 1. The monoisotopic (exact) mass is 389 g/mol. The van der Waals surface area contributed by atoms with Gasteiger partial charge in [0, 0.05) is 46.0 Å². The van der Waals surface area contributed by atoms with E-state index in [0.29, 0.717) is 35.9 Å². The van der Waals surface area contributed by atoms with Gasteiger partial charge in [-0.1, -0.05) is 0 Å². The zero-order valence-corrected chi connectivity index (χ0v) is 16.9. The topological polar surface area (TPSA) is 98.6 Å². The maximum Gasteiger partial charge on any atom is 0.127 e. The molecule has 0 aliphatic carbocycles. The van der Waals surface area contributed by atoms with Crippen LogP contribution in [0.25, 0.3) is 0 Å². The minimum atomic E-state index is 0. The molecule has 0 spiro atoms. The first-order valence-electron chi connectivity index (χ1n) is 9.44. The Hall–Kier alpha value is -2.58. The fourth-order valence-electron chi connectivity index (χ4n) is 3.46. The molecule has 154 valence electrons. The van der Waals surface area contributed by atoms with E-state index in [4.69, 9.17) is 25.4 Å². The highest BCUT2D eigenvalue weighted by atomic mass is 16.5. The predicted molar refractivity (Wildman–Crippen MR) is 112 cm³/mol. The first-order chi connectivity index (χ1) is 13.4. The second kappa shape index (κ2) is 8.62. The Bertz CT molecular complexity index is 832. The van der Waals surface area contributed by atoms with Gasteiger partial charge in [0.1, 0.15) is 23.9 Å². The molecular weight excluding hydrogens is 358 g/mol. The Morgan fingerprint density at radius 3 is 2.68 bits per heavy atom. The van der Waals surface area contributed by atoms with Gasteiger partial charge in [0.15, 0.2) is 0 Å². The number of benzene rings is 1. The third-order valence-electron chi connectivity index (χ3n) is 4.71. The molecule has 2 aromatic rings. The average molecular weight is 390 g/mol. The van der Waals surface area contributed by atoms with Crippen LogP contribution in [0.15, 0.2) is 24.3 Å². The van der Waals surface area contributed by atoms with E-state index < -0.39 is 0 Å². The summed E-state index contributed by atoms with van der Waals surface area (Å²) < 4.78 is 18.3. The maximum atomic E-state index is 8.65. The summed E-state index contributed by atoms with van der Waals surface area (Å²) in [5, 5.41) is 13.2. The number of aryl methyl sites for hydroxylation is 1. The average Bonchev–Trinajstić information content (AvgIpc) is 3.04. The standard InChI is InChI=1S/C20H29N5O3.H2/c1-13-11-25(12-14(2)28-13)19-10-18(23-24(19)3)20(22)16-9-15(5-6-17(16)21)27-8-7-26-4;/h5-6,9-10,13-14,22H,7-8,11-12,21H2,1-4H3;1H/t13-,14+;. The van der Waals surface area contributed by atoms with Crippen LogP contribution in [0.4, 0.5) is 11.5 Å². The Balaban J connectivity index is 0.00000300. The molecule has 28 heavy (non-hydrogen) atoms. The van der Waals surface area contributed by atoms with E-state index >= 15 is 0 Å². The van der Waals surface area contributed by atoms with Gasteiger partial charge in [-0.2, -0.15) is 5.10 Å². The zero-order valence-electron chi connectivity index (χ0n) is 16.9. The number of nitrogens with two attached hydrogens (primary N) is 1. The van der Waals surface area contributed by atoms with Crippen LogP contribution in [0.1, 0.15) is 26.5 Å².